The summed E-state index contributed by atoms with van der Waals surface area (Å²) in [6.45, 7) is 0. The average molecular weight is 236 g/mol. The van der Waals surface area contributed by atoms with E-state index in [0.29, 0.717) is 12.8 Å². The van der Waals surface area contributed by atoms with Gasteiger partial charge in [-0.05, 0) is 17.9 Å². The lowest BCUT2D eigenvalue weighted by Gasteiger charge is -2.21. The maximum atomic E-state index is 11.2. The van der Waals surface area contributed by atoms with E-state index < -0.39 is 11.9 Å². The van der Waals surface area contributed by atoms with Gasteiger partial charge in [-0.15, -0.1) is 11.8 Å². The van der Waals surface area contributed by atoms with Crippen LogP contribution in [0.1, 0.15) is 24.3 Å². The average Bonchev–Trinajstić information content (AvgIpc) is 2.27. The van der Waals surface area contributed by atoms with Crippen molar-refractivity contribution in [2.45, 2.75) is 23.7 Å². The number of esters is 2. The molecule has 1 saturated heterocycles. The first-order valence-electron chi connectivity index (χ1n) is 5.07. The van der Waals surface area contributed by atoms with Gasteiger partial charge in [-0.1, -0.05) is 18.2 Å². The summed E-state index contributed by atoms with van der Waals surface area (Å²) in [6, 6.07) is 7.87. The minimum Gasteiger partial charge on any atom is -0.393 e. The topological polar surface area (TPSA) is 43.4 Å². The number of hydrogen-bond donors (Lipinski definition) is 0. The van der Waals surface area contributed by atoms with Gasteiger partial charge in [0.2, 0.25) is 0 Å². The zero-order chi connectivity index (χ0) is 11.5. The number of carbonyl (C=O) groups is 2. The van der Waals surface area contributed by atoms with Crippen LogP contribution < -0.4 is 0 Å². The van der Waals surface area contributed by atoms with Gasteiger partial charge in [0, 0.05) is 10.8 Å². The number of cyclic esters (lactones) is 2. The molecule has 2 rings (SSSR count). The molecule has 1 aliphatic rings. The summed E-state index contributed by atoms with van der Waals surface area (Å²) in [5.41, 5.74) is 1.07. The molecule has 0 bridgehead atoms. The van der Waals surface area contributed by atoms with Crippen LogP contribution in [0.15, 0.2) is 29.2 Å². The van der Waals surface area contributed by atoms with Crippen LogP contribution in [-0.2, 0) is 14.3 Å². The molecule has 84 valence electrons. The molecular formula is C12H12O3S. The molecule has 0 amide bonds. The van der Waals surface area contributed by atoms with Gasteiger partial charge in [-0.3, -0.25) is 9.59 Å². The van der Waals surface area contributed by atoms with Crippen LogP contribution in [-0.4, -0.2) is 18.2 Å². The smallest absolute Gasteiger partial charge is 0.314 e. The Kier molecular flexibility index (Phi) is 3.29. The molecule has 16 heavy (non-hydrogen) atoms. The third kappa shape index (κ3) is 2.27. The molecule has 0 spiro atoms. The fraction of sp³-hybridized carbons (Fsp3) is 0.333. The Hall–Kier alpha value is -1.29. The highest BCUT2D eigenvalue weighted by atomic mass is 32.2. The summed E-state index contributed by atoms with van der Waals surface area (Å²) >= 11 is 1.63. The monoisotopic (exact) mass is 236 g/mol. The Bertz CT molecular complexity index is 412. The van der Waals surface area contributed by atoms with Crippen LogP contribution in [0.4, 0.5) is 0 Å². The maximum absolute atomic E-state index is 11.2. The highest BCUT2D eigenvalue weighted by molar-refractivity contribution is 7.98. The molecule has 1 aliphatic heterocycles. The predicted molar refractivity (Wildman–Crippen MR) is 61.3 cm³/mol. The number of benzene rings is 1. The fourth-order valence-electron chi connectivity index (χ4n) is 1.91. The van der Waals surface area contributed by atoms with Crippen molar-refractivity contribution in [3.8, 4) is 0 Å². The first kappa shape index (κ1) is 11.2. The number of carbonyl (C=O) groups excluding carboxylic acids is 2. The molecule has 0 unspecified atom stereocenters. The van der Waals surface area contributed by atoms with Crippen LogP contribution in [0.2, 0.25) is 0 Å². The molecule has 0 aromatic heterocycles. The molecule has 0 aliphatic carbocycles. The standard InChI is InChI=1S/C12H12O3S/c1-16-10-5-3-2-4-9(10)8-6-11(13)15-12(14)7-8/h2-5,8H,6-7H2,1H3. The van der Waals surface area contributed by atoms with Crippen molar-refractivity contribution in [1.29, 1.82) is 0 Å². The lowest BCUT2D eigenvalue weighted by molar-refractivity contribution is -0.163. The van der Waals surface area contributed by atoms with E-state index in [-0.39, 0.29) is 5.92 Å². The molecule has 0 N–H and O–H groups in total. The Morgan fingerprint density at radius 2 is 1.81 bits per heavy atom. The van der Waals surface area contributed by atoms with Gasteiger partial charge in [0.25, 0.3) is 0 Å². The molecular weight excluding hydrogens is 224 g/mol. The fourth-order valence-corrected chi connectivity index (χ4v) is 2.59. The molecule has 0 saturated carbocycles. The molecule has 4 heteroatoms. The summed E-state index contributed by atoms with van der Waals surface area (Å²) in [5.74, 6) is -0.869. The summed E-state index contributed by atoms with van der Waals surface area (Å²) in [6.07, 6.45) is 2.58. The Labute approximate surface area is 98.2 Å². The number of rotatable bonds is 2. The van der Waals surface area contributed by atoms with Crippen molar-refractivity contribution in [3.05, 3.63) is 29.8 Å². The first-order chi connectivity index (χ1) is 7.70. The van der Waals surface area contributed by atoms with Gasteiger partial charge in [-0.25, -0.2) is 0 Å². The second kappa shape index (κ2) is 4.70. The Morgan fingerprint density at radius 3 is 2.44 bits per heavy atom. The van der Waals surface area contributed by atoms with Crippen LogP contribution in [0.3, 0.4) is 0 Å². The van der Waals surface area contributed by atoms with E-state index in [4.69, 9.17) is 0 Å². The van der Waals surface area contributed by atoms with E-state index in [9.17, 15) is 9.59 Å². The third-order valence-electron chi connectivity index (χ3n) is 2.63. The molecule has 3 nitrogen and oxygen atoms in total. The predicted octanol–water partition coefficient (Wildman–Crippen LogP) is 2.36. The molecule has 0 radical (unpaired) electrons. The van der Waals surface area contributed by atoms with Gasteiger partial charge in [-0.2, -0.15) is 0 Å². The SMILES string of the molecule is CSc1ccccc1C1CC(=O)OC(=O)C1. The van der Waals surface area contributed by atoms with Crippen molar-refractivity contribution in [3.63, 3.8) is 0 Å². The van der Waals surface area contributed by atoms with Crippen molar-refractivity contribution in [1.82, 2.24) is 0 Å². The number of hydrogen-bond acceptors (Lipinski definition) is 4. The number of ether oxygens (including phenoxy) is 1. The van der Waals surface area contributed by atoms with Gasteiger partial charge in [0.05, 0.1) is 12.8 Å². The van der Waals surface area contributed by atoms with Crippen LogP contribution in [0, 0.1) is 0 Å². The van der Waals surface area contributed by atoms with Crippen molar-refractivity contribution < 1.29 is 14.3 Å². The van der Waals surface area contributed by atoms with Gasteiger partial charge in [0.1, 0.15) is 0 Å². The zero-order valence-corrected chi connectivity index (χ0v) is 9.75. The quantitative estimate of drug-likeness (QED) is 0.449. The highest BCUT2D eigenvalue weighted by Crippen LogP contribution is 2.34. The van der Waals surface area contributed by atoms with Crippen LogP contribution in [0.25, 0.3) is 0 Å². The number of thioether (sulfide) groups is 1. The summed E-state index contributed by atoms with van der Waals surface area (Å²) in [4.78, 5) is 23.5. The minimum atomic E-state index is -0.419. The largest absolute Gasteiger partial charge is 0.393 e. The van der Waals surface area contributed by atoms with E-state index in [2.05, 4.69) is 4.74 Å². The van der Waals surface area contributed by atoms with E-state index in [1.165, 1.54) is 0 Å². The second-order valence-electron chi connectivity index (χ2n) is 3.69. The van der Waals surface area contributed by atoms with E-state index >= 15 is 0 Å². The molecule has 1 fully saturated rings. The summed E-state index contributed by atoms with van der Waals surface area (Å²) < 4.78 is 4.53. The van der Waals surface area contributed by atoms with Crippen LogP contribution in [0.5, 0.6) is 0 Å². The van der Waals surface area contributed by atoms with E-state index in [0.717, 1.165) is 10.5 Å². The molecule has 1 heterocycles. The summed E-state index contributed by atoms with van der Waals surface area (Å²) in [7, 11) is 0. The Morgan fingerprint density at radius 1 is 1.19 bits per heavy atom. The maximum Gasteiger partial charge on any atom is 0.314 e. The van der Waals surface area contributed by atoms with Gasteiger partial charge in [0.15, 0.2) is 0 Å². The molecule has 1 aromatic carbocycles. The van der Waals surface area contributed by atoms with E-state index in [1.54, 1.807) is 11.8 Å². The minimum absolute atomic E-state index is 0.0302. The highest BCUT2D eigenvalue weighted by Gasteiger charge is 2.29. The zero-order valence-electron chi connectivity index (χ0n) is 8.93. The van der Waals surface area contributed by atoms with Crippen molar-refractivity contribution >= 4 is 23.7 Å². The van der Waals surface area contributed by atoms with E-state index in [1.807, 2.05) is 30.5 Å². The molecule has 0 atom stereocenters. The Balaban J connectivity index is 2.29. The summed E-state index contributed by atoms with van der Waals surface area (Å²) in [5, 5.41) is 0. The lowest BCUT2D eigenvalue weighted by Crippen LogP contribution is -2.24. The van der Waals surface area contributed by atoms with Gasteiger partial charge >= 0.3 is 11.9 Å². The van der Waals surface area contributed by atoms with Crippen molar-refractivity contribution in [2.75, 3.05) is 6.26 Å². The molecule has 1 aromatic rings. The normalized spacial score (nSPS) is 17.3. The van der Waals surface area contributed by atoms with Gasteiger partial charge < -0.3 is 4.74 Å². The third-order valence-corrected chi connectivity index (χ3v) is 3.44. The first-order valence-corrected chi connectivity index (χ1v) is 6.29. The second-order valence-corrected chi connectivity index (χ2v) is 4.54. The lowest BCUT2D eigenvalue weighted by atomic mass is 9.91. The van der Waals surface area contributed by atoms with Crippen molar-refractivity contribution in [2.24, 2.45) is 0 Å². The van der Waals surface area contributed by atoms with Crippen LogP contribution >= 0.6 is 11.8 Å².